The lowest BCUT2D eigenvalue weighted by molar-refractivity contribution is 0.112. The lowest BCUT2D eigenvalue weighted by Crippen LogP contribution is -1.81. The maximum absolute atomic E-state index is 10.6. The standard InChI is InChI=1S/C8H5IN2O/c9-5-2-1-3-6-8(5)7(4-12)11-10-6/h1-4H,(H,10,11). The first-order chi connectivity index (χ1) is 5.83. The number of nitrogens with zero attached hydrogens (tertiary/aromatic N) is 1. The Labute approximate surface area is 82.3 Å². The second-order valence-corrected chi connectivity index (χ2v) is 3.55. The quantitative estimate of drug-likeness (QED) is 0.637. The predicted molar refractivity (Wildman–Crippen MR) is 54.2 cm³/mol. The number of H-pyrrole nitrogens is 1. The van der Waals surface area contributed by atoms with Gasteiger partial charge < -0.3 is 0 Å². The van der Waals surface area contributed by atoms with Gasteiger partial charge in [0.2, 0.25) is 0 Å². The van der Waals surface area contributed by atoms with Crippen molar-refractivity contribution in [2.24, 2.45) is 0 Å². The minimum Gasteiger partial charge on any atom is -0.296 e. The van der Waals surface area contributed by atoms with Crippen molar-refractivity contribution in [3.63, 3.8) is 0 Å². The van der Waals surface area contributed by atoms with Gasteiger partial charge in [0.05, 0.1) is 5.52 Å². The van der Waals surface area contributed by atoms with E-state index < -0.39 is 0 Å². The maximum Gasteiger partial charge on any atom is 0.168 e. The minimum atomic E-state index is 0.551. The lowest BCUT2D eigenvalue weighted by atomic mass is 10.2. The van der Waals surface area contributed by atoms with E-state index in [9.17, 15) is 4.79 Å². The fraction of sp³-hybridized carbons (Fsp3) is 0. The Morgan fingerprint density at radius 1 is 1.50 bits per heavy atom. The molecule has 12 heavy (non-hydrogen) atoms. The molecule has 2 rings (SSSR count). The number of hydrogen-bond donors (Lipinski definition) is 1. The number of rotatable bonds is 1. The number of carbonyl (C=O) groups excluding carboxylic acids is 1. The summed E-state index contributed by atoms with van der Waals surface area (Å²) in [5.41, 5.74) is 1.39. The van der Waals surface area contributed by atoms with Crippen LogP contribution in [0.3, 0.4) is 0 Å². The largest absolute Gasteiger partial charge is 0.296 e. The summed E-state index contributed by atoms with van der Waals surface area (Å²) in [4.78, 5) is 10.6. The molecule has 60 valence electrons. The van der Waals surface area contributed by atoms with Gasteiger partial charge in [-0.3, -0.25) is 9.89 Å². The average molecular weight is 272 g/mol. The van der Waals surface area contributed by atoms with Crippen LogP contribution in [0.25, 0.3) is 10.9 Å². The molecule has 1 aromatic carbocycles. The number of halogens is 1. The van der Waals surface area contributed by atoms with E-state index in [1.54, 1.807) is 0 Å². The molecule has 1 heterocycles. The van der Waals surface area contributed by atoms with Gasteiger partial charge in [-0.15, -0.1) is 0 Å². The second kappa shape index (κ2) is 2.85. The molecular formula is C8H5IN2O. The summed E-state index contributed by atoms with van der Waals surface area (Å²) in [6, 6.07) is 5.74. The predicted octanol–water partition coefficient (Wildman–Crippen LogP) is 1.98. The summed E-state index contributed by atoms with van der Waals surface area (Å²) in [5, 5.41) is 7.58. The molecule has 0 amide bonds. The molecular weight excluding hydrogens is 267 g/mol. The Bertz CT molecular complexity index is 436. The fourth-order valence-corrected chi connectivity index (χ4v) is 1.91. The first-order valence-electron chi connectivity index (χ1n) is 3.40. The van der Waals surface area contributed by atoms with E-state index in [4.69, 9.17) is 0 Å². The Morgan fingerprint density at radius 2 is 2.33 bits per heavy atom. The third kappa shape index (κ3) is 1.03. The van der Waals surface area contributed by atoms with E-state index in [2.05, 4.69) is 32.8 Å². The lowest BCUT2D eigenvalue weighted by Gasteiger charge is -1.91. The van der Waals surface area contributed by atoms with Crippen molar-refractivity contribution in [2.45, 2.75) is 0 Å². The Kier molecular flexibility index (Phi) is 1.84. The Balaban J connectivity index is 2.91. The molecule has 3 nitrogen and oxygen atoms in total. The molecule has 2 aromatic rings. The van der Waals surface area contributed by atoms with Crippen LogP contribution in [0, 0.1) is 3.57 Å². The molecule has 0 aliphatic rings. The van der Waals surface area contributed by atoms with Gasteiger partial charge >= 0.3 is 0 Å². The van der Waals surface area contributed by atoms with E-state index in [1.807, 2.05) is 18.2 Å². The van der Waals surface area contributed by atoms with Gasteiger partial charge in [-0.05, 0) is 34.7 Å². The summed E-state index contributed by atoms with van der Waals surface area (Å²) in [5.74, 6) is 0. The van der Waals surface area contributed by atoms with Crippen molar-refractivity contribution in [1.82, 2.24) is 10.2 Å². The topological polar surface area (TPSA) is 45.8 Å². The molecule has 0 fully saturated rings. The molecule has 1 N–H and O–H groups in total. The molecule has 0 aliphatic heterocycles. The number of hydrogen-bond acceptors (Lipinski definition) is 2. The van der Waals surface area contributed by atoms with E-state index in [0.29, 0.717) is 5.69 Å². The molecule has 1 aromatic heterocycles. The van der Waals surface area contributed by atoms with Crippen molar-refractivity contribution in [3.8, 4) is 0 Å². The van der Waals surface area contributed by atoms with Crippen LogP contribution >= 0.6 is 22.6 Å². The van der Waals surface area contributed by atoms with Crippen LogP contribution in [-0.4, -0.2) is 16.5 Å². The highest BCUT2D eigenvalue weighted by Crippen LogP contribution is 2.20. The van der Waals surface area contributed by atoms with Crippen LogP contribution < -0.4 is 0 Å². The van der Waals surface area contributed by atoms with Crippen LogP contribution in [0.15, 0.2) is 18.2 Å². The zero-order valence-electron chi connectivity index (χ0n) is 6.04. The van der Waals surface area contributed by atoms with E-state index in [0.717, 1.165) is 20.8 Å². The number of benzene rings is 1. The van der Waals surface area contributed by atoms with Crippen molar-refractivity contribution >= 4 is 39.8 Å². The number of aromatic amines is 1. The van der Waals surface area contributed by atoms with Crippen LogP contribution in [0.2, 0.25) is 0 Å². The summed E-state index contributed by atoms with van der Waals surface area (Å²) in [7, 11) is 0. The third-order valence-electron chi connectivity index (χ3n) is 1.68. The minimum absolute atomic E-state index is 0.551. The summed E-state index contributed by atoms with van der Waals surface area (Å²) >= 11 is 2.18. The summed E-state index contributed by atoms with van der Waals surface area (Å²) in [6.07, 6.45) is 0.789. The van der Waals surface area contributed by atoms with Gasteiger partial charge in [-0.25, -0.2) is 0 Å². The number of fused-ring (bicyclic) bond motifs is 1. The number of nitrogens with one attached hydrogen (secondary N) is 1. The average Bonchev–Trinajstić information content (AvgIpc) is 2.49. The number of aldehydes is 1. The zero-order valence-corrected chi connectivity index (χ0v) is 8.20. The number of carbonyl (C=O) groups is 1. The van der Waals surface area contributed by atoms with E-state index in [1.165, 1.54) is 0 Å². The molecule has 0 saturated carbocycles. The molecule has 4 heteroatoms. The van der Waals surface area contributed by atoms with Crippen LogP contribution in [0.4, 0.5) is 0 Å². The fourth-order valence-electron chi connectivity index (χ4n) is 1.13. The van der Waals surface area contributed by atoms with Gasteiger partial charge in [0.1, 0.15) is 5.69 Å². The van der Waals surface area contributed by atoms with Crippen molar-refractivity contribution < 1.29 is 4.79 Å². The van der Waals surface area contributed by atoms with Gasteiger partial charge in [0.25, 0.3) is 0 Å². The first kappa shape index (κ1) is 7.72. The summed E-state index contributed by atoms with van der Waals surface area (Å²) < 4.78 is 1.04. The van der Waals surface area contributed by atoms with Crippen molar-refractivity contribution in [3.05, 3.63) is 27.5 Å². The van der Waals surface area contributed by atoms with Crippen LogP contribution in [-0.2, 0) is 0 Å². The SMILES string of the molecule is O=Cc1[nH]nc2cccc(I)c12. The molecule has 0 radical (unpaired) electrons. The van der Waals surface area contributed by atoms with Gasteiger partial charge in [0, 0.05) is 8.96 Å². The summed E-state index contributed by atoms with van der Waals surface area (Å²) in [6.45, 7) is 0. The van der Waals surface area contributed by atoms with Gasteiger partial charge in [0.15, 0.2) is 6.29 Å². The molecule has 0 unspecified atom stereocenters. The second-order valence-electron chi connectivity index (χ2n) is 2.39. The zero-order chi connectivity index (χ0) is 8.55. The smallest absolute Gasteiger partial charge is 0.168 e. The Morgan fingerprint density at radius 3 is 3.08 bits per heavy atom. The Hall–Kier alpha value is -0.910. The highest BCUT2D eigenvalue weighted by Gasteiger charge is 2.06. The molecule has 0 spiro atoms. The van der Waals surface area contributed by atoms with Crippen LogP contribution in [0.1, 0.15) is 10.5 Å². The van der Waals surface area contributed by atoms with Crippen LogP contribution in [0.5, 0.6) is 0 Å². The monoisotopic (exact) mass is 272 g/mol. The number of aromatic nitrogens is 2. The molecule has 0 atom stereocenters. The first-order valence-corrected chi connectivity index (χ1v) is 4.48. The highest BCUT2D eigenvalue weighted by atomic mass is 127. The van der Waals surface area contributed by atoms with E-state index >= 15 is 0 Å². The molecule has 0 saturated heterocycles. The molecule has 0 aliphatic carbocycles. The molecule has 0 bridgehead atoms. The van der Waals surface area contributed by atoms with Gasteiger partial charge in [-0.2, -0.15) is 5.10 Å². The third-order valence-corrected chi connectivity index (χ3v) is 2.57. The van der Waals surface area contributed by atoms with Crippen molar-refractivity contribution in [2.75, 3.05) is 0 Å². The maximum atomic E-state index is 10.6. The van der Waals surface area contributed by atoms with E-state index in [-0.39, 0.29) is 0 Å². The normalized spacial score (nSPS) is 10.4. The van der Waals surface area contributed by atoms with Gasteiger partial charge in [-0.1, -0.05) is 6.07 Å². The highest BCUT2D eigenvalue weighted by molar-refractivity contribution is 14.1. The van der Waals surface area contributed by atoms with Crippen molar-refractivity contribution in [1.29, 1.82) is 0 Å².